The molecule has 0 saturated heterocycles. The molecule has 0 spiro atoms. The van der Waals surface area contributed by atoms with Crippen LogP contribution in [-0.2, 0) is 9.59 Å². The van der Waals surface area contributed by atoms with Crippen molar-refractivity contribution in [3.05, 3.63) is 62.9 Å². The molecule has 0 fully saturated rings. The molecular formula is C21H16Cl2N2O4. The molecular weight excluding hydrogens is 415 g/mol. The van der Waals surface area contributed by atoms with E-state index in [2.05, 4.69) is 0 Å². The van der Waals surface area contributed by atoms with Crippen LogP contribution in [0, 0.1) is 11.3 Å². The van der Waals surface area contributed by atoms with Crippen molar-refractivity contribution in [2.75, 3.05) is 13.2 Å². The Morgan fingerprint density at radius 1 is 1.17 bits per heavy atom. The van der Waals surface area contributed by atoms with Gasteiger partial charge in [-0.3, -0.25) is 14.5 Å². The van der Waals surface area contributed by atoms with Crippen molar-refractivity contribution in [2.45, 2.75) is 13.3 Å². The molecule has 2 amide bonds. The normalized spacial score (nSPS) is 16.0. The third kappa shape index (κ3) is 4.28. The number of halogens is 2. The number of furan rings is 1. The van der Waals surface area contributed by atoms with Crippen LogP contribution >= 0.6 is 23.2 Å². The average Bonchev–Trinajstić information content (AvgIpc) is 3.14. The average molecular weight is 431 g/mol. The maximum absolute atomic E-state index is 12.8. The minimum atomic E-state index is -0.658. The third-order valence-corrected chi connectivity index (χ3v) is 4.86. The number of benzene rings is 1. The number of hydrogen-bond acceptors (Lipinski definition) is 5. The van der Waals surface area contributed by atoms with E-state index in [4.69, 9.17) is 32.7 Å². The van der Waals surface area contributed by atoms with Gasteiger partial charge in [0, 0.05) is 34.3 Å². The van der Waals surface area contributed by atoms with E-state index in [1.807, 2.05) is 6.07 Å². The van der Waals surface area contributed by atoms with Gasteiger partial charge in [-0.05, 0) is 55.3 Å². The van der Waals surface area contributed by atoms with E-state index in [0.717, 1.165) is 4.90 Å². The molecule has 8 heteroatoms. The van der Waals surface area contributed by atoms with Crippen molar-refractivity contribution in [3.8, 4) is 17.4 Å². The Kier molecular flexibility index (Phi) is 6.23. The first kappa shape index (κ1) is 20.9. The number of carbonyl (C=O) groups is 2. The molecule has 6 nitrogen and oxygen atoms in total. The number of hydrogen-bond donors (Lipinski definition) is 1. The van der Waals surface area contributed by atoms with E-state index in [9.17, 15) is 14.9 Å². The quantitative estimate of drug-likeness (QED) is 0.565. The monoisotopic (exact) mass is 430 g/mol. The molecule has 0 atom stereocenters. The van der Waals surface area contributed by atoms with Crippen molar-refractivity contribution in [1.29, 1.82) is 5.26 Å². The maximum Gasteiger partial charge on any atom is 0.271 e. The van der Waals surface area contributed by atoms with Crippen LogP contribution in [0.1, 0.15) is 19.1 Å². The van der Waals surface area contributed by atoms with Crippen LogP contribution in [0.5, 0.6) is 0 Å². The fourth-order valence-corrected chi connectivity index (χ4v) is 3.51. The molecule has 2 heterocycles. The number of nitriles is 1. The second-order valence-corrected chi connectivity index (χ2v) is 7.24. The summed E-state index contributed by atoms with van der Waals surface area (Å²) in [5.74, 6) is -0.328. The number of carbonyl (C=O) groups excluding carboxylic acids is 2. The Hall–Kier alpha value is -2.85. The first-order chi connectivity index (χ1) is 13.8. The van der Waals surface area contributed by atoms with Gasteiger partial charge in [0.25, 0.3) is 11.8 Å². The Balaban J connectivity index is 2.01. The lowest BCUT2D eigenvalue weighted by atomic mass is 9.94. The fraction of sp³-hybridized carbons (Fsp3) is 0.190. The van der Waals surface area contributed by atoms with E-state index in [1.54, 1.807) is 37.3 Å². The van der Waals surface area contributed by atoms with Crippen molar-refractivity contribution in [2.24, 2.45) is 0 Å². The minimum Gasteiger partial charge on any atom is -0.457 e. The summed E-state index contributed by atoms with van der Waals surface area (Å²) in [6, 6.07) is 10.2. The predicted molar refractivity (Wildman–Crippen MR) is 109 cm³/mol. The highest BCUT2D eigenvalue weighted by Crippen LogP contribution is 2.31. The van der Waals surface area contributed by atoms with Gasteiger partial charge in [0.15, 0.2) is 0 Å². The summed E-state index contributed by atoms with van der Waals surface area (Å²) < 4.78 is 5.80. The molecule has 0 unspecified atom stereocenters. The molecule has 1 N–H and O–H groups in total. The number of aliphatic hydroxyl groups excluding tert-OH is 1. The van der Waals surface area contributed by atoms with E-state index >= 15 is 0 Å². The summed E-state index contributed by atoms with van der Waals surface area (Å²) in [5, 5.41) is 19.3. The summed E-state index contributed by atoms with van der Waals surface area (Å²) >= 11 is 12.1. The van der Waals surface area contributed by atoms with Gasteiger partial charge in [-0.15, -0.1) is 0 Å². The minimum absolute atomic E-state index is 0.0222. The highest BCUT2D eigenvalue weighted by Gasteiger charge is 2.35. The summed E-state index contributed by atoms with van der Waals surface area (Å²) in [5.41, 5.74) is 1.03. The molecule has 148 valence electrons. The molecule has 29 heavy (non-hydrogen) atoms. The van der Waals surface area contributed by atoms with E-state index in [1.165, 1.54) is 6.08 Å². The molecule has 3 rings (SSSR count). The largest absolute Gasteiger partial charge is 0.457 e. The van der Waals surface area contributed by atoms with Gasteiger partial charge in [0.05, 0.1) is 0 Å². The standard InChI is InChI=1S/C21H16Cl2N2O4/c1-12-17(20(27)25(5-2-6-26)21(28)18(12)11-24)10-16-3-4-19(29-16)13-7-14(22)9-15(23)8-13/h3-4,7-10,26H,2,5-6H2,1H3/b17-10-. The second kappa shape index (κ2) is 8.66. The number of nitrogens with zero attached hydrogens (tertiary/aromatic N) is 2. The van der Waals surface area contributed by atoms with Crippen LogP contribution in [0.4, 0.5) is 0 Å². The van der Waals surface area contributed by atoms with Gasteiger partial charge >= 0.3 is 0 Å². The van der Waals surface area contributed by atoms with Crippen LogP contribution in [0.25, 0.3) is 17.4 Å². The number of rotatable bonds is 5. The van der Waals surface area contributed by atoms with Gasteiger partial charge in [0.1, 0.15) is 23.2 Å². The van der Waals surface area contributed by atoms with Gasteiger partial charge in [-0.1, -0.05) is 23.2 Å². The number of imide groups is 1. The van der Waals surface area contributed by atoms with Crippen molar-refractivity contribution >= 4 is 41.1 Å². The molecule has 2 aromatic rings. The summed E-state index contributed by atoms with van der Waals surface area (Å²) in [6.07, 6.45) is 1.71. The first-order valence-corrected chi connectivity index (χ1v) is 9.47. The second-order valence-electron chi connectivity index (χ2n) is 6.37. The summed E-state index contributed by atoms with van der Waals surface area (Å²) in [6.45, 7) is 1.39. The molecule has 1 aromatic heterocycles. The van der Waals surface area contributed by atoms with Gasteiger partial charge in [0.2, 0.25) is 0 Å². The van der Waals surface area contributed by atoms with Gasteiger partial charge < -0.3 is 9.52 Å². The van der Waals surface area contributed by atoms with Crippen LogP contribution in [0.3, 0.4) is 0 Å². The van der Waals surface area contributed by atoms with Crippen LogP contribution < -0.4 is 0 Å². The molecule has 0 saturated carbocycles. The van der Waals surface area contributed by atoms with Gasteiger partial charge in [-0.2, -0.15) is 5.26 Å². The zero-order valence-electron chi connectivity index (χ0n) is 15.4. The highest BCUT2D eigenvalue weighted by molar-refractivity contribution is 6.35. The Morgan fingerprint density at radius 2 is 1.86 bits per heavy atom. The van der Waals surface area contributed by atoms with Crippen molar-refractivity contribution in [3.63, 3.8) is 0 Å². The first-order valence-electron chi connectivity index (χ1n) is 8.72. The topological polar surface area (TPSA) is 94.5 Å². The molecule has 0 aliphatic carbocycles. The van der Waals surface area contributed by atoms with Crippen LogP contribution in [0.2, 0.25) is 10.0 Å². The molecule has 1 aliphatic heterocycles. The van der Waals surface area contributed by atoms with E-state index in [0.29, 0.717) is 27.1 Å². The predicted octanol–water partition coefficient (Wildman–Crippen LogP) is 4.23. The molecule has 1 aromatic carbocycles. The SMILES string of the molecule is CC1=C(C#N)C(=O)N(CCCO)C(=O)/C1=C\c1ccc(-c2cc(Cl)cc(Cl)c2)o1. The maximum atomic E-state index is 12.8. The molecule has 0 bridgehead atoms. The van der Waals surface area contributed by atoms with E-state index < -0.39 is 11.8 Å². The number of amides is 2. The fourth-order valence-electron chi connectivity index (χ4n) is 2.99. The third-order valence-electron chi connectivity index (χ3n) is 4.43. The lowest BCUT2D eigenvalue weighted by Crippen LogP contribution is -2.43. The van der Waals surface area contributed by atoms with Crippen LogP contribution in [-0.4, -0.2) is 35.0 Å². The zero-order valence-corrected chi connectivity index (χ0v) is 16.9. The van der Waals surface area contributed by atoms with Crippen molar-refractivity contribution < 1.29 is 19.1 Å². The number of aliphatic hydroxyl groups is 1. The zero-order chi connectivity index (χ0) is 21.1. The lowest BCUT2D eigenvalue weighted by Gasteiger charge is -2.27. The molecule has 1 aliphatic rings. The lowest BCUT2D eigenvalue weighted by molar-refractivity contribution is -0.140. The van der Waals surface area contributed by atoms with E-state index in [-0.39, 0.29) is 36.3 Å². The smallest absolute Gasteiger partial charge is 0.271 e. The Morgan fingerprint density at radius 3 is 2.48 bits per heavy atom. The van der Waals surface area contributed by atoms with Gasteiger partial charge in [-0.25, -0.2) is 0 Å². The molecule has 0 radical (unpaired) electrons. The van der Waals surface area contributed by atoms with Crippen LogP contribution in [0.15, 0.2) is 51.5 Å². The Bertz CT molecular complexity index is 1070. The summed E-state index contributed by atoms with van der Waals surface area (Å²) in [7, 11) is 0. The van der Waals surface area contributed by atoms with Crippen molar-refractivity contribution in [1.82, 2.24) is 4.90 Å². The summed E-state index contributed by atoms with van der Waals surface area (Å²) in [4.78, 5) is 26.2. The highest BCUT2D eigenvalue weighted by atomic mass is 35.5. The Labute approximate surface area is 177 Å².